The Morgan fingerprint density at radius 1 is 0.400 bits per heavy atom. The Balaban J connectivity index is 3.35. The molecule has 70 heavy (non-hydrogen) atoms. The van der Waals surface area contributed by atoms with Crippen LogP contribution in [-0.2, 0) is 14.3 Å². The predicted octanol–water partition coefficient (Wildman–Crippen LogP) is 19.6. The van der Waals surface area contributed by atoms with Gasteiger partial charge in [0.25, 0.3) is 0 Å². The van der Waals surface area contributed by atoms with Crippen molar-refractivity contribution in [3.05, 3.63) is 36.5 Å². The molecule has 0 saturated heterocycles. The van der Waals surface area contributed by atoms with Crippen LogP contribution in [0.4, 0.5) is 0 Å². The Labute approximate surface area is 436 Å². The van der Waals surface area contributed by atoms with E-state index in [0.29, 0.717) is 25.9 Å². The molecule has 3 N–H and O–H groups in total. The third-order valence-corrected chi connectivity index (χ3v) is 14.4. The van der Waals surface area contributed by atoms with Gasteiger partial charge >= 0.3 is 5.97 Å². The van der Waals surface area contributed by atoms with E-state index in [4.69, 9.17) is 4.74 Å². The van der Waals surface area contributed by atoms with Crippen molar-refractivity contribution >= 4 is 11.9 Å². The first-order valence-electron chi connectivity index (χ1n) is 31.2. The number of rotatable bonds is 58. The summed E-state index contributed by atoms with van der Waals surface area (Å²) in [4.78, 5) is 24.5. The van der Waals surface area contributed by atoms with E-state index in [1.54, 1.807) is 0 Å². The van der Waals surface area contributed by atoms with Crippen LogP contribution in [0, 0.1) is 0 Å². The van der Waals surface area contributed by atoms with Crippen LogP contribution in [0.25, 0.3) is 0 Å². The number of ether oxygens (including phenoxy) is 1. The maximum absolute atomic E-state index is 12.4. The summed E-state index contributed by atoms with van der Waals surface area (Å²) in [6.45, 7) is 4.90. The summed E-state index contributed by atoms with van der Waals surface area (Å²) in [5, 5.41) is 23.2. The van der Waals surface area contributed by atoms with Gasteiger partial charge in [-0.25, -0.2) is 0 Å². The first-order valence-corrected chi connectivity index (χ1v) is 31.2. The average molecular weight is 985 g/mol. The van der Waals surface area contributed by atoms with Gasteiger partial charge in [-0.05, 0) is 77.0 Å². The van der Waals surface area contributed by atoms with E-state index in [1.807, 2.05) is 0 Å². The zero-order chi connectivity index (χ0) is 50.7. The highest BCUT2D eigenvalue weighted by atomic mass is 16.5. The monoisotopic (exact) mass is 984 g/mol. The first kappa shape index (κ1) is 68.1. The fraction of sp³-hybridized carbons (Fsp3) is 0.875. The zero-order valence-electron chi connectivity index (χ0n) is 47.0. The maximum Gasteiger partial charge on any atom is 0.305 e. The van der Waals surface area contributed by atoms with Gasteiger partial charge in [0, 0.05) is 12.8 Å². The van der Waals surface area contributed by atoms with Crippen molar-refractivity contribution in [2.45, 2.75) is 347 Å². The topological polar surface area (TPSA) is 95.9 Å². The highest BCUT2D eigenvalue weighted by Gasteiger charge is 2.20. The second-order valence-corrected chi connectivity index (χ2v) is 21.4. The third kappa shape index (κ3) is 55.4. The van der Waals surface area contributed by atoms with Crippen LogP contribution in [0.15, 0.2) is 36.5 Å². The van der Waals surface area contributed by atoms with Crippen molar-refractivity contribution < 1.29 is 24.5 Å². The van der Waals surface area contributed by atoms with Crippen LogP contribution in [0.1, 0.15) is 335 Å². The summed E-state index contributed by atoms with van der Waals surface area (Å²) in [5.74, 6) is -0.0335. The number of aliphatic hydroxyl groups is 2. The van der Waals surface area contributed by atoms with E-state index in [9.17, 15) is 19.8 Å². The summed E-state index contributed by atoms with van der Waals surface area (Å²) in [6.07, 6.45) is 74.6. The second-order valence-electron chi connectivity index (χ2n) is 21.4. The summed E-state index contributed by atoms with van der Waals surface area (Å²) in [7, 11) is 0. The number of carbonyl (C=O) groups excluding carboxylic acids is 2. The minimum atomic E-state index is -0.662. The second kappa shape index (κ2) is 59.6. The minimum absolute atomic E-state index is 0.00166. The molecule has 412 valence electrons. The number of allylic oxidation sites excluding steroid dienone is 6. The van der Waals surface area contributed by atoms with Gasteiger partial charge in [-0.15, -0.1) is 0 Å². The highest BCUT2D eigenvalue weighted by molar-refractivity contribution is 5.76. The van der Waals surface area contributed by atoms with Crippen molar-refractivity contribution in [1.29, 1.82) is 0 Å². The largest absolute Gasteiger partial charge is 0.466 e. The van der Waals surface area contributed by atoms with E-state index >= 15 is 0 Å². The molecule has 0 aromatic carbocycles. The number of nitrogens with one attached hydrogen (secondary N) is 1. The lowest BCUT2D eigenvalue weighted by molar-refractivity contribution is -0.143. The Hall–Kier alpha value is -1.92. The maximum atomic E-state index is 12.4. The van der Waals surface area contributed by atoms with E-state index in [1.165, 1.54) is 250 Å². The molecule has 0 bridgehead atoms. The lowest BCUT2D eigenvalue weighted by atomic mass is 10.0. The fourth-order valence-electron chi connectivity index (χ4n) is 9.59. The molecule has 1 amide bonds. The predicted molar refractivity (Wildman–Crippen MR) is 306 cm³/mol. The number of carbonyl (C=O) groups is 2. The standard InChI is InChI=1S/C64H121NO5/c1-3-5-7-9-11-13-15-16-35-38-42-46-50-54-58-64(69)70-59-55-51-47-43-39-36-33-31-29-27-25-23-21-19-17-18-20-22-24-26-28-30-32-34-37-41-45-49-53-57-63(68)65-61(60-66)62(67)56-52-48-44-40-14-12-10-8-6-4-2/h9,11,15-17,19,61-62,66-67H,3-8,10,12-14,18,20-60H2,1-2H3,(H,65,68)/b11-9-,16-15-,19-17-. The van der Waals surface area contributed by atoms with Crippen molar-refractivity contribution in [3.8, 4) is 0 Å². The molecule has 6 nitrogen and oxygen atoms in total. The van der Waals surface area contributed by atoms with E-state index in [0.717, 1.165) is 51.4 Å². The summed E-state index contributed by atoms with van der Waals surface area (Å²) in [6, 6.07) is -0.539. The smallest absolute Gasteiger partial charge is 0.305 e. The molecule has 0 aliphatic carbocycles. The normalized spacial score (nSPS) is 12.8. The molecular weight excluding hydrogens is 863 g/mol. The SMILES string of the molecule is CCCC/C=C\C/C=C\CCCCCCCC(=O)OCCCCCCCCCCCCCC/C=C\CCCCCCCCCCCCCCCC(=O)NC(CO)C(O)CCCCCCCCCCCC. The van der Waals surface area contributed by atoms with Gasteiger partial charge in [-0.1, -0.05) is 281 Å². The number of hydrogen-bond donors (Lipinski definition) is 3. The number of amides is 1. The average Bonchev–Trinajstić information content (AvgIpc) is 3.36. The Morgan fingerprint density at radius 3 is 1.14 bits per heavy atom. The molecule has 0 spiro atoms. The van der Waals surface area contributed by atoms with Crippen molar-refractivity contribution in [2.75, 3.05) is 13.2 Å². The van der Waals surface area contributed by atoms with Crippen molar-refractivity contribution in [2.24, 2.45) is 0 Å². The van der Waals surface area contributed by atoms with Crippen LogP contribution in [0.5, 0.6) is 0 Å². The summed E-state index contributed by atoms with van der Waals surface area (Å²) >= 11 is 0. The Bertz CT molecular complexity index is 1130. The third-order valence-electron chi connectivity index (χ3n) is 14.4. The van der Waals surface area contributed by atoms with Crippen molar-refractivity contribution in [3.63, 3.8) is 0 Å². The minimum Gasteiger partial charge on any atom is -0.466 e. The lowest BCUT2D eigenvalue weighted by Gasteiger charge is -2.22. The van der Waals surface area contributed by atoms with Crippen molar-refractivity contribution in [1.82, 2.24) is 5.32 Å². The molecule has 0 heterocycles. The Kier molecular flexibility index (Phi) is 58.0. The first-order chi connectivity index (χ1) is 34.5. The molecule has 0 aromatic rings. The summed E-state index contributed by atoms with van der Waals surface area (Å²) < 4.78 is 5.47. The molecule has 2 unspecified atom stereocenters. The van der Waals surface area contributed by atoms with Crippen LogP contribution in [-0.4, -0.2) is 47.4 Å². The molecule has 0 aliphatic rings. The van der Waals surface area contributed by atoms with Crippen LogP contribution in [0.2, 0.25) is 0 Å². The van der Waals surface area contributed by atoms with Crippen LogP contribution >= 0.6 is 0 Å². The number of esters is 1. The van der Waals surface area contributed by atoms with Crippen LogP contribution in [0.3, 0.4) is 0 Å². The van der Waals surface area contributed by atoms with E-state index < -0.39 is 12.1 Å². The van der Waals surface area contributed by atoms with Gasteiger partial charge < -0.3 is 20.3 Å². The Morgan fingerprint density at radius 2 is 0.729 bits per heavy atom. The molecule has 0 fully saturated rings. The molecule has 0 aromatic heterocycles. The van der Waals surface area contributed by atoms with Gasteiger partial charge in [-0.2, -0.15) is 0 Å². The molecule has 0 rings (SSSR count). The molecule has 0 radical (unpaired) electrons. The van der Waals surface area contributed by atoms with Gasteiger partial charge in [0.2, 0.25) is 5.91 Å². The summed E-state index contributed by atoms with van der Waals surface area (Å²) in [5.41, 5.74) is 0. The number of unbranched alkanes of at least 4 members (excludes halogenated alkanes) is 41. The van der Waals surface area contributed by atoms with Gasteiger partial charge in [0.1, 0.15) is 0 Å². The molecule has 0 saturated carbocycles. The molecule has 0 aliphatic heterocycles. The van der Waals surface area contributed by atoms with E-state index in [2.05, 4.69) is 55.6 Å². The zero-order valence-corrected chi connectivity index (χ0v) is 47.0. The fourth-order valence-corrected chi connectivity index (χ4v) is 9.59. The van der Waals surface area contributed by atoms with Gasteiger partial charge in [0.15, 0.2) is 0 Å². The van der Waals surface area contributed by atoms with Crippen LogP contribution < -0.4 is 5.32 Å². The van der Waals surface area contributed by atoms with Gasteiger partial charge in [-0.3, -0.25) is 9.59 Å². The molecule has 6 heteroatoms. The molecular formula is C64H121NO5. The number of hydrogen-bond acceptors (Lipinski definition) is 5. The van der Waals surface area contributed by atoms with E-state index in [-0.39, 0.29) is 18.5 Å². The highest BCUT2D eigenvalue weighted by Crippen LogP contribution is 2.17. The quantitative estimate of drug-likeness (QED) is 0.0321. The number of aliphatic hydroxyl groups excluding tert-OH is 2. The molecule has 2 atom stereocenters. The van der Waals surface area contributed by atoms with Gasteiger partial charge in [0.05, 0.1) is 25.4 Å². The lowest BCUT2D eigenvalue weighted by Crippen LogP contribution is -2.45.